The molecule has 0 aromatic heterocycles. The summed E-state index contributed by atoms with van der Waals surface area (Å²) in [6, 6.07) is 17.9. The van der Waals surface area contributed by atoms with Gasteiger partial charge in [0.25, 0.3) is 5.91 Å². The summed E-state index contributed by atoms with van der Waals surface area (Å²) in [5.74, 6) is -0.567. The minimum absolute atomic E-state index is 0.171. The molecule has 1 saturated heterocycles. The van der Waals surface area contributed by atoms with Crippen LogP contribution in [0.15, 0.2) is 54.6 Å². The first kappa shape index (κ1) is 17.5. The Hall–Kier alpha value is -3.33. The second kappa shape index (κ2) is 7.70. The first-order valence-electron chi connectivity index (χ1n) is 8.35. The Morgan fingerprint density at radius 3 is 2.62 bits per heavy atom. The molecule has 1 fully saturated rings. The number of amides is 2. The average molecular weight is 349 g/mol. The molecule has 2 N–H and O–H groups in total. The van der Waals surface area contributed by atoms with Gasteiger partial charge >= 0.3 is 0 Å². The molecule has 6 heteroatoms. The summed E-state index contributed by atoms with van der Waals surface area (Å²) in [6.45, 7) is 0.948. The maximum atomic E-state index is 12.7. The molecule has 1 aliphatic heterocycles. The second-order valence-corrected chi connectivity index (χ2v) is 6.30. The molecule has 2 atom stereocenters. The van der Waals surface area contributed by atoms with E-state index in [1.807, 2.05) is 36.4 Å². The minimum Gasteiger partial charge on any atom is -0.493 e. The monoisotopic (exact) mass is 349 g/mol. The van der Waals surface area contributed by atoms with E-state index in [1.54, 1.807) is 29.2 Å². The van der Waals surface area contributed by atoms with E-state index in [0.717, 1.165) is 0 Å². The summed E-state index contributed by atoms with van der Waals surface area (Å²) in [7, 11) is 0. The number of benzene rings is 2. The minimum atomic E-state index is -0.457. The quantitative estimate of drug-likeness (QED) is 0.890. The number of ether oxygens (including phenoxy) is 1. The lowest BCUT2D eigenvalue weighted by molar-refractivity contribution is -0.122. The van der Waals surface area contributed by atoms with Gasteiger partial charge in [0, 0.05) is 24.6 Å². The zero-order valence-electron chi connectivity index (χ0n) is 14.2. The molecular formula is C20H19N3O3. The third-order valence-corrected chi connectivity index (χ3v) is 4.54. The molecule has 26 heavy (non-hydrogen) atoms. The normalized spacial score (nSPS) is 19.0. The third-order valence-electron chi connectivity index (χ3n) is 4.54. The molecule has 0 bridgehead atoms. The topological polar surface area (TPSA) is 96.4 Å². The highest BCUT2D eigenvalue weighted by molar-refractivity contribution is 5.95. The SMILES string of the molecule is N#Cc1cccc(C(=O)N2C[C@@H](COc3ccccc3)[C@H](C(N)=O)C2)c1. The van der Waals surface area contributed by atoms with E-state index in [-0.39, 0.29) is 18.4 Å². The second-order valence-electron chi connectivity index (χ2n) is 6.30. The fourth-order valence-corrected chi connectivity index (χ4v) is 3.15. The van der Waals surface area contributed by atoms with Crippen LogP contribution in [0.4, 0.5) is 0 Å². The molecular weight excluding hydrogens is 330 g/mol. The Labute approximate surface area is 151 Å². The van der Waals surface area contributed by atoms with Gasteiger partial charge in [0.15, 0.2) is 0 Å². The van der Waals surface area contributed by atoms with Crippen molar-refractivity contribution < 1.29 is 14.3 Å². The Balaban J connectivity index is 1.71. The molecule has 2 amide bonds. The van der Waals surface area contributed by atoms with Crippen LogP contribution in [0.3, 0.4) is 0 Å². The fourth-order valence-electron chi connectivity index (χ4n) is 3.15. The van der Waals surface area contributed by atoms with Gasteiger partial charge in [-0.15, -0.1) is 0 Å². The van der Waals surface area contributed by atoms with Crippen molar-refractivity contribution in [3.63, 3.8) is 0 Å². The van der Waals surface area contributed by atoms with Crippen molar-refractivity contribution in [1.82, 2.24) is 4.90 Å². The van der Waals surface area contributed by atoms with Gasteiger partial charge in [0.2, 0.25) is 5.91 Å². The number of hydrogen-bond donors (Lipinski definition) is 1. The number of carbonyl (C=O) groups is 2. The summed E-state index contributed by atoms with van der Waals surface area (Å²) in [4.78, 5) is 26.1. The summed E-state index contributed by atoms with van der Waals surface area (Å²) >= 11 is 0. The van der Waals surface area contributed by atoms with Gasteiger partial charge in [-0.25, -0.2) is 0 Å². The predicted molar refractivity (Wildman–Crippen MR) is 95.2 cm³/mol. The summed E-state index contributed by atoms with van der Waals surface area (Å²) in [5, 5.41) is 8.99. The maximum Gasteiger partial charge on any atom is 0.253 e. The van der Waals surface area contributed by atoms with Crippen LogP contribution in [0, 0.1) is 23.2 Å². The van der Waals surface area contributed by atoms with Gasteiger partial charge in [0.1, 0.15) is 5.75 Å². The van der Waals surface area contributed by atoms with E-state index in [0.29, 0.717) is 30.0 Å². The molecule has 0 radical (unpaired) electrons. The number of carbonyl (C=O) groups excluding carboxylic acids is 2. The van der Waals surface area contributed by atoms with Crippen LogP contribution in [-0.4, -0.2) is 36.4 Å². The van der Waals surface area contributed by atoms with Crippen molar-refractivity contribution in [3.8, 4) is 11.8 Å². The Kier molecular flexibility index (Phi) is 5.18. The number of rotatable bonds is 5. The van der Waals surface area contributed by atoms with Crippen LogP contribution >= 0.6 is 0 Å². The number of primary amides is 1. The van der Waals surface area contributed by atoms with Gasteiger partial charge < -0.3 is 15.4 Å². The van der Waals surface area contributed by atoms with Crippen LogP contribution in [0.25, 0.3) is 0 Å². The van der Waals surface area contributed by atoms with E-state index in [1.165, 1.54) is 0 Å². The highest BCUT2D eigenvalue weighted by Gasteiger charge is 2.39. The number of nitrogens with two attached hydrogens (primary N) is 1. The lowest BCUT2D eigenvalue weighted by atomic mass is 9.96. The molecule has 0 saturated carbocycles. The molecule has 0 spiro atoms. The average Bonchev–Trinajstić information content (AvgIpc) is 3.11. The number of nitriles is 1. The van der Waals surface area contributed by atoms with Crippen molar-refractivity contribution in [1.29, 1.82) is 5.26 Å². The van der Waals surface area contributed by atoms with Gasteiger partial charge in [-0.3, -0.25) is 9.59 Å². The molecule has 6 nitrogen and oxygen atoms in total. The van der Waals surface area contributed by atoms with Crippen LogP contribution in [0.1, 0.15) is 15.9 Å². The zero-order chi connectivity index (χ0) is 18.5. The Morgan fingerprint density at radius 2 is 1.92 bits per heavy atom. The maximum absolute atomic E-state index is 12.7. The van der Waals surface area contributed by atoms with Gasteiger partial charge in [-0.05, 0) is 30.3 Å². The molecule has 1 aliphatic rings. The van der Waals surface area contributed by atoms with Gasteiger partial charge in [0.05, 0.1) is 24.2 Å². The summed E-state index contributed by atoms with van der Waals surface area (Å²) < 4.78 is 5.75. The highest BCUT2D eigenvalue weighted by atomic mass is 16.5. The number of para-hydroxylation sites is 1. The standard InChI is InChI=1S/C20H19N3O3/c21-10-14-5-4-6-15(9-14)20(25)23-11-16(18(12-23)19(22)24)13-26-17-7-2-1-3-8-17/h1-9,16,18H,11-13H2,(H2,22,24)/t16-,18+/m0/s1. The number of likely N-dealkylation sites (tertiary alicyclic amines) is 1. The fraction of sp³-hybridized carbons (Fsp3) is 0.250. The van der Waals surface area contributed by atoms with Crippen molar-refractivity contribution >= 4 is 11.8 Å². The number of nitrogens with zero attached hydrogens (tertiary/aromatic N) is 2. The van der Waals surface area contributed by atoms with Crippen molar-refractivity contribution in [2.75, 3.05) is 19.7 Å². The van der Waals surface area contributed by atoms with E-state index < -0.39 is 11.8 Å². The highest BCUT2D eigenvalue weighted by Crippen LogP contribution is 2.26. The molecule has 1 heterocycles. The van der Waals surface area contributed by atoms with Crippen LogP contribution in [-0.2, 0) is 4.79 Å². The lowest BCUT2D eigenvalue weighted by Gasteiger charge is -2.17. The largest absolute Gasteiger partial charge is 0.493 e. The smallest absolute Gasteiger partial charge is 0.253 e. The summed E-state index contributed by atoms with van der Waals surface area (Å²) in [5.41, 5.74) is 6.38. The molecule has 0 aliphatic carbocycles. The first-order valence-corrected chi connectivity index (χ1v) is 8.35. The van der Waals surface area contributed by atoms with Crippen LogP contribution in [0.2, 0.25) is 0 Å². The van der Waals surface area contributed by atoms with Gasteiger partial charge in [-0.1, -0.05) is 24.3 Å². The summed E-state index contributed by atoms with van der Waals surface area (Å²) in [6.07, 6.45) is 0. The van der Waals surface area contributed by atoms with Crippen molar-refractivity contribution in [2.45, 2.75) is 0 Å². The molecule has 2 aromatic carbocycles. The predicted octanol–water partition coefficient (Wildman–Crippen LogP) is 1.81. The van der Waals surface area contributed by atoms with Crippen LogP contribution < -0.4 is 10.5 Å². The number of hydrogen-bond acceptors (Lipinski definition) is 4. The van der Waals surface area contributed by atoms with E-state index in [4.69, 9.17) is 15.7 Å². The van der Waals surface area contributed by atoms with Crippen LogP contribution in [0.5, 0.6) is 5.75 Å². The first-order chi connectivity index (χ1) is 12.6. The lowest BCUT2D eigenvalue weighted by Crippen LogP contribution is -2.32. The van der Waals surface area contributed by atoms with E-state index >= 15 is 0 Å². The van der Waals surface area contributed by atoms with Crippen molar-refractivity contribution in [3.05, 3.63) is 65.7 Å². The Bertz CT molecular complexity index is 845. The van der Waals surface area contributed by atoms with E-state index in [9.17, 15) is 9.59 Å². The zero-order valence-corrected chi connectivity index (χ0v) is 14.2. The van der Waals surface area contributed by atoms with E-state index in [2.05, 4.69) is 0 Å². The molecule has 3 rings (SSSR count). The molecule has 0 unspecified atom stereocenters. The molecule has 2 aromatic rings. The third kappa shape index (κ3) is 3.83. The van der Waals surface area contributed by atoms with Gasteiger partial charge in [-0.2, -0.15) is 5.26 Å². The molecule has 132 valence electrons. The van der Waals surface area contributed by atoms with Crippen molar-refractivity contribution in [2.24, 2.45) is 17.6 Å². The Morgan fingerprint density at radius 1 is 1.15 bits per heavy atom.